The second kappa shape index (κ2) is 4.72. The van der Waals surface area contributed by atoms with Gasteiger partial charge in [0.15, 0.2) is 0 Å². The van der Waals surface area contributed by atoms with Crippen LogP contribution in [0.15, 0.2) is 0 Å². The molecule has 2 rings (SSSR count). The molecule has 5 atom stereocenters. The van der Waals surface area contributed by atoms with Crippen LogP contribution in [0.3, 0.4) is 0 Å². The minimum absolute atomic E-state index is 0.0247. The molecular formula is C12H21NO3. The van der Waals surface area contributed by atoms with Crippen LogP contribution in [0.25, 0.3) is 0 Å². The zero-order valence-corrected chi connectivity index (χ0v) is 9.98. The first-order valence-corrected chi connectivity index (χ1v) is 6.18. The molecule has 2 bridgehead atoms. The summed E-state index contributed by atoms with van der Waals surface area (Å²) in [4.78, 5) is 12.0. The topological polar surface area (TPSA) is 58.6 Å². The highest BCUT2D eigenvalue weighted by Gasteiger charge is 2.44. The van der Waals surface area contributed by atoms with E-state index in [1.165, 1.54) is 0 Å². The molecular weight excluding hydrogens is 206 g/mol. The average molecular weight is 227 g/mol. The van der Waals surface area contributed by atoms with E-state index < -0.39 is 0 Å². The Labute approximate surface area is 96.4 Å². The summed E-state index contributed by atoms with van der Waals surface area (Å²) in [6.07, 6.45) is 3.45. The van der Waals surface area contributed by atoms with Crippen LogP contribution in [0.1, 0.15) is 33.1 Å². The first-order valence-electron chi connectivity index (χ1n) is 6.18. The molecule has 0 spiro atoms. The van der Waals surface area contributed by atoms with Crippen molar-refractivity contribution in [3.05, 3.63) is 0 Å². The third kappa shape index (κ3) is 2.23. The van der Waals surface area contributed by atoms with E-state index in [4.69, 9.17) is 9.84 Å². The van der Waals surface area contributed by atoms with Gasteiger partial charge in [-0.05, 0) is 32.1 Å². The highest BCUT2D eigenvalue weighted by molar-refractivity contribution is 5.80. The van der Waals surface area contributed by atoms with E-state index in [-0.39, 0.29) is 36.5 Å². The van der Waals surface area contributed by atoms with Crippen LogP contribution < -0.4 is 5.32 Å². The number of carbonyl (C=O) groups excluding carboxylic acids is 1. The molecule has 2 fully saturated rings. The molecule has 0 aliphatic carbocycles. The van der Waals surface area contributed by atoms with Crippen molar-refractivity contribution in [2.75, 3.05) is 6.61 Å². The normalized spacial score (nSPS) is 36.1. The Kier molecular flexibility index (Phi) is 3.50. The van der Waals surface area contributed by atoms with Crippen molar-refractivity contribution in [3.8, 4) is 0 Å². The summed E-state index contributed by atoms with van der Waals surface area (Å²) < 4.78 is 5.66. The highest BCUT2D eigenvalue weighted by atomic mass is 16.5. The number of carbonyl (C=O) groups is 1. The minimum atomic E-state index is 0.0247. The monoisotopic (exact) mass is 227 g/mol. The number of rotatable bonds is 4. The molecule has 2 aliphatic rings. The first-order chi connectivity index (χ1) is 7.61. The number of nitrogens with one attached hydrogen (secondary N) is 1. The minimum Gasteiger partial charge on any atom is -0.396 e. The number of ether oxygens (including phenoxy) is 1. The Hall–Kier alpha value is -0.610. The van der Waals surface area contributed by atoms with Crippen molar-refractivity contribution < 1.29 is 14.6 Å². The molecule has 0 aromatic rings. The molecule has 16 heavy (non-hydrogen) atoms. The Balaban J connectivity index is 1.84. The summed E-state index contributed by atoms with van der Waals surface area (Å²) in [5, 5.41) is 12.0. The molecule has 4 heteroatoms. The standard InChI is InChI=1S/C12H21NO3/c1-7(6-14)8(2)13-12(15)10-5-9-3-4-11(10)16-9/h7-11,14H,3-6H2,1-2H3,(H,13,15). The smallest absolute Gasteiger partial charge is 0.226 e. The SMILES string of the molecule is CC(CO)C(C)NC(=O)C1CC2CCC1O2. The largest absolute Gasteiger partial charge is 0.396 e. The van der Waals surface area contributed by atoms with Gasteiger partial charge in [-0.2, -0.15) is 0 Å². The van der Waals surface area contributed by atoms with Gasteiger partial charge in [0.2, 0.25) is 5.91 Å². The lowest BCUT2D eigenvalue weighted by Crippen LogP contribution is -2.44. The van der Waals surface area contributed by atoms with Crippen LogP contribution in [-0.2, 0) is 9.53 Å². The summed E-state index contributed by atoms with van der Waals surface area (Å²) in [5.41, 5.74) is 0. The third-order valence-electron chi connectivity index (χ3n) is 3.95. The van der Waals surface area contributed by atoms with Crippen LogP contribution in [0, 0.1) is 11.8 Å². The summed E-state index contributed by atoms with van der Waals surface area (Å²) in [7, 11) is 0. The lowest BCUT2D eigenvalue weighted by atomic mass is 9.88. The van der Waals surface area contributed by atoms with Gasteiger partial charge in [-0.25, -0.2) is 0 Å². The number of aliphatic hydroxyl groups excluding tert-OH is 1. The maximum absolute atomic E-state index is 12.0. The molecule has 4 nitrogen and oxygen atoms in total. The van der Waals surface area contributed by atoms with Crippen molar-refractivity contribution >= 4 is 5.91 Å². The molecule has 1 amide bonds. The molecule has 5 unspecified atom stereocenters. The lowest BCUT2D eigenvalue weighted by Gasteiger charge is -2.24. The Morgan fingerprint density at radius 3 is 2.75 bits per heavy atom. The number of hydrogen-bond donors (Lipinski definition) is 2. The van der Waals surface area contributed by atoms with Crippen LogP contribution >= 0.6 is 0 Å². The van der Waals surface area contributed by atoms with E-state index in [0.29, 0.717) is 6.10 Å². The zero-order valence-electron chi connectivity index (χ0n) is 9.98. The summed E-state index contributed by atoms with van der Waals surface area (Å²) in [6, 6.07) is 0.0247. The number of amides is 1. The van der Waals surface area contributed by atoms with E-state index in [1.54, 1.807) is 0 Å². The Bertz CT molecular complexity index is 269. The Morgan fingerprint density at radius 1 is 1.50 bits per heavy atom. The van der Waals surface area contributed by atoms with Crippen LogP contribution in [0.2, 0.25) is 0 Å². The number of hydrogen-bond acceptors (Lipinski definition) is 3. The van der Waals surface area contributed by atoms with Gasteiger partial charge in [-0.1, -0.05) is 6.92 Å². The predicted molar refractivity (Wildman–Crippen MR) is 59.9 cm³/mol. The first kappa shape index (κ1) is 11.9. The summed E-state index contributed by atoms with van der Waals surface area (Å²) in [6.45, 7) is 3.98. The second-order valence-corrected chi connectivity index (χ2v) is 5.17. The number of fused-ring (bicyclic) bond motifs is 2. The number of aliphatic hydroxyl groups is 1. The fraction of sp³-hybridized carbons (Fsp3) is 0.917. The van der Waals surface area contributed by atoms with Gasteiger partial charge in [0, 0.05) is 12.6 Å². The molecule has 92 valence electrons. The average Bonchev–Trinajstić information content (AvgIpc) is 2.89. The van der Waals surface area contributed by atoms with Gasteiger partial charge in [0.1, 0.15) is 0 Å². The van der Waals surface area contributed by atoms with Crippen LogP contribution in [0.5, 0.6) is 0 Å². The van der Waals surface area contributed by atoms with Gasteiger partial charge >= 0.3 is 0 Å². The van der Waals surface area contributed by atoms with Crippen molar-refractivity contribution in [1.82, 2.24) is 5.32 Å². The van der Waals surface area contributed by atoms with E-state index in [9.17, 15) is 4.79 Å². The van der Waals surface area contributed by atoms with Crippen LogP contribution in [-0.4, -0.2) is 35.9 Å². The second-order valence-electron chi connectivity index (χ2n) is 5.17. The molecule has 0 radical (unpaired) electrons. The lowest BCUT2D eigenvalue weighted by molar-refractivity contribution is -0.127. The molecule has 2 saturated heterocycles. The van der Waals surface area contributed by atoms with Crippen molar-refractivity contribution in [2.45, 2.75) is 51.4 Å². The highest BCUT2D eigenvalue weighted by Crippen LogP contribution is 2.38. The molecule has 0 aromatic heterocycles. The zero-order chi connectivity index (χ0) is 11.7. The van der Waals surface area contributed by atoms with Crippen LogP contribution in [0.4, 0.5) is 0 Å². The van der Waals surface area contributed by atoms with E-state index in [1.807, 2.05) is 13.8 Å². The third-order valence-corrected chi connectivity index (χ3v) is 3.95. The van der Waals surface area contributed by atoms with E-state index in [2.05, 4.69) is 5.32 Å². The Morgan fingerprint density at radius 2 is 2.25 bits per heavy atom. The molecule has 2 N–H and O–H groups in total. The fourth-order valence-electron chi connectivity index (χ4n) is 2.55. The van der Waals surface area contributed by atoms with Crippen molar-refractivity contribution in [1.29, 1.82) is 0 Å². The molecule has 0 aromatic carbocycles. The van der Waals surface area contributed by atoms with Crippen molar-refractivity contribution in [3.63, 3.8) is 0 Å². The molecule has 2 aliphatic heterocycles. The quantitative estimate of drug-likeness (QED) is 0.743. The fourth-order valence-corrected chi connectivity index (χ4v) is 2.55. The van der Waals surface area contributed by atoms with Gasteiger partial charge in [0.05, 0.1) is 18.1 Å². The summed E-state index contributed by atoms with van der Waals surface area (Å²) >= 11 is 0. The van der Waals surface area contributed by atoms with Gasteiger partial charge in [-0.15, -0.1) is 0 Å². The van der Waals surface area contributed by atoms with Gasteiger partial charge in [0.25, 0.3) is 0 Å². The summed E-state index contributed by atoms with van der Waals surface area (Å²) in [5.74, 6) is 0.232. The molecule has 2 heterocycles. The van der Waals surface area contributed by atoms with Gasteiger partial charge < -0.3 is 15.2 Å². The predicted octanol–water partition coefficient (Wildman–Crippen LogP) is 0.687. The van der Waals surface area contributed by atoms with E-state index in [0.717, 1.165) is 19.3 Å². The van der Waals surface area contributed by atoms with Crippen molar-refractivity contribution in [2.24, 2.45) is 11.8 Å². The molecule has 0 saturated carbocycles. The maximum atomic E-state index is 12.0. The van der Waals surface area contributed by atoms with Gasteiger partial charge in [-0.3, -0.25) is 4.79 Å². The van der Waals surface area contributed by atoms with E-state index >= 15 is 0 Å². The maximum Gasteiger partial charge on any atom is 0.226 e.